The van der Waals surface area contributed by atoms with E-state index in [1.807, 2.05) is 36.4 Å². The Bertz CT molecular complexity index is 610. The van der Waals surface area contributed by atoms with Gasteiger partial charge < -0.3 is 11.1 Å². The van der Waals surface area contributed by atoms with E-state index >= 15 is 0 Å². The topological polar surface area (TPSA) is 68.0 Å². The molecule has 3 rings (SSSR count). The maximum atomic E-state index is 11.2. The monoisotopic (exact) mass is 253 g/mol. The average Bonchev–Trinajstić information content (AvgIpc) is 2.86. The van der Waals surface area contributed by atoms with E-state index < -0.39 is 0 Å². The number of carbonyl (C=O) groups excluding carboxylic acids is 1. The molecule has 1 fully saturated rings. The molecular weight excluding hydrogens is 238 g/mol. The highest BCUT2D eigenvalue weighted by Gasteiger charge is 2.23. The Kier molecular flexibility index (Phi) is 2.91. The van der Waals surface area contributed by atoms with Crippen molar-refractivity contribution in [1.29, 1.82) is 0 Å². The number of nitrogen functional groups attached to an aromatic ring is 1. The normalized spacial score (nSPS) is 18.3. The Morgan fingerprint density at radius 3 is 2.68 bits per heavy atom. The van der Waals surface area contributed by atoms with Crippen molar-refractivity contribution in [1.82, 2.24) is 10.3 Å². The van der Waals surface area contributed by atoms with Gasteiger partial charge >= 0.3 is 0 Å². The first-order valence-electron chi connectivity index (χ1n) is 6.34. The van der Waals surface area contributed by atoms with E-state index in [2.05, 4.69) is 10.3 Å². The highest BCUT2D eigenvalue weighted by atomic mass is 16.1. The van der Waals surface area contributed by atoms with E-state index in [9.17, 15) is 4.79 Å². The van der Waals surface area contributed by atoms with Crippen LogP contribution in [0.25, 0.3) is 11.3 Å². The van der Waals surface area contributed by atoms with Gasteiger partial charge in [0, 0.05) is 18.2 Å². The van der Waals surface area contributed by atoms with Gasteiger partial charge in [-0.15, -0.1) is 0 Å². The van der Waals surface area contributed by atoms with Gasteiger partial charge in [-0.25, -0.2) is 0 Å². The van der Waals surface area contributed by atoms with Crippen LogP contribution < -0.4 is 11.1 Å². The van der Waals surface area contributed by atoms with E-state index in [-0.39, 0.29) is 11.9 Å². The van der Waals surface area contributed by atoms with E-state index in [1.165, 1.54) is 0 Å². The molecule has 1 amide bonds. The van der Waals surface area contributed by atoms with Crippen LogP contribution in [0.1, 0.15) is 24.4 Å². The van der Waals surface area contributed by atoms with Crippen LogP contribution in [0.4, 0.5) is 5.69 Å². The second-order valence-electron chi connectivity index (χ2n) is 4.73. The molecule has 0 unspecified atom stereocenters. The molecule has 1 aromatic carbocycles. The minimum Gasteiger partial charge on any atom is -0.397 e. The van der Waals surface area contributed by atoms with Crippen molar-refractivity contribution < 1.29 is 4.79 Å². The SMILES string of the molecule is Nc1cc([C@H]2CCC(=O)N2)cnc1-c1ccccc1. The summed E-state index contributed by atoms with van der Waals surface area (Å²) in [5.74, 6) is 0.0932. The average molecular weight is 253 g/mol. The number of nitrogens with zero attached hydrogens (tertiary/aromatic N) is 1. The van der Waals surface area contributed by atoms with Gasteiger partial charge in [0.05, 0.1) is 17.4 Å². The van der Waals surface area contributed by atoms with E-state index in [0.29, 0.717) is 12.1 Å². The van der Waals surface area contributed by atoms with Crippen molar-refractivity contribution in [3.63, 3.8) is 0 Å². The summed E-state index contributed by atoms with van der Waals surface area (Å²) in [7, 11) is 0. The Labute approximate surface area is 111 Å². The van der Waals surface area contributed by atoms with Crippen LogP contribution in [-0.2, 0) is 4.79 Å². The summed E-state index contributed by atoms with van der Waals surface area (Å²) in [5.41, 5.74) is 9.49. The zero-order valence-corrected chi connectivity index (χ0v) is 10.5. The molecule has 3 N–H and O–H groups in total. The summed E-state index contributed by atoms with van der Waals surface area (Å²) in [6, 6.07) is 11.8. The maximum absolute atomic E-state index is 11.2. The van der Waals surface area contributed by atoms with Crippen molar-refractivity contribution in [2.45, 2.75) is 18.9 Å². The quantitative estimate of drug-likeness (QED) is 0.862. The van der Waals surface area contributed by atoms with Crippen LogP contribution in [0.2, 0.25) is 0 Å². The molecule has 1 aromatic heterocycles. The number of nitrogens with one attached hydrogen (secondary N) is 1. The lowest BCUT2D eigenvalue weighted by Crippen LogP contribution is -2.18. The summed E-state index contributed by atoms with van der Waals surface area (Å²) in [6.45, 7) is 0. The van der Waals surface area contributed by atoms with Crippen molar-refractivity contribution in [3.05, 3.63) is 48.2 Å². The fraction of sp³-hybridized carbons (Fsp3) is 0.200. The van der Waals surface area contributed by atoms with Gasteiger partial charge in [0.2, 0.25) is 5.91 Å². The first kappa shape index (κ1) is 11.7. The Morgan fingerprint density at radius 2 is 2.05 bits per heavy atom. The van der Waals surface area contributed by atoms with Gasteiger partial charge in [-0.1, -0.05) is 30.3 Å². The first-order chi connectivity index (χ1) is 9.24. The Hall–Kier alpha value is -2.36. The third-order valence-corrected chi connectivity index (χ3v) is 3.38. The predicted molar refractivity (Wildman–Crippen MR) is 74.2 cm³/mol. The second-order valence-corrected chi connectivity index (χ2v) is 4.73. The summed E-state index contributed by atoms with van der Waals surface area (Å²) >= 11 is 0. The molecule has 0 spiro atoms. The fourth-order valence-corrected chi connectivity index (χ4v) is 2.39. The number of aromatic nitrogens is 1. The molecule has 2 heterocycles. The highest BCUT2D eigenvalue weighted by Crippen LogP contribution is 2.29. The number of hydrogen-bond acceptors (Lipinski definition) is 3. The standard InChI is InChI=1S/C15H15N3O/c16-12-8-11(13-6-7-14(19)18-13)9-17-15(12)10-4-2-1-3-5-10/h1-5,8-9,13H,6-7,16H2,(H,18,19)/t13-/m1/s1. The van der Waals surface area contributed by atoms with Crippen LogP contribution in [-0.4, -0.2) is 10.9 Å². The molecule has 0 radical (unpaired) electrons. The molecule has 1 saturated heterocycles. The van der Waals surface area contributed by atoms with Crippen molar-refractivity contribution >= 4 is 11.6 Å². The zero-order chi connectivity index (χ0) is 13.2. The number of amides is 1. The van der Waals surface area contributed by atoms with Gasteiger partial charge in [-0.05, 0) is 18.1 Å². The van der Waals surface area contributed by atoms with Gasteiger partial charge in [0.15, 0.2) is 0 Å². The molecule has 0 aliphatic carbocycles. The van der Waals surface area contributed by atoms with Crippen LogP contribution in [0.3, 0.4) is 0 Å². The van der Waals surface area contributed by atoms with Crippen LogP contribution >= 0.6 is 0 Å². The molecule has 1 aliphatic heterocycles. The van der Waals surface area contributed by atoms with E-state index in [0.717, 1.165) is 23.2 Å². The molecule has 96 valence electrons. The lowest BCUT2D eigenvalue weighted by molar-refractivity contribution is -0.119. The Morgan fingerprint density at radius 1 is 1.26 bits per heavy atom. The summed E-state index contributed by atoms with van der Waals surface area (Å²) in [6.07, 6.45) is 3.19. The summed E-state index contributed by atoms with van der Waals surface area (Å²) in [5, 5.41) is 2.92. The molecular formula is C15H15N3O. The van der Waals surface area contributed by atoms with Gasteiger partial charge in [0.1, 0.15) is 0 Å². The van der Waals surface area contributed by atoms with Gasteiger partial charge in [-0.2, -0.15) is 0 Å². The highest BCUT2D eigenvalue weighted by molar-refractivity contribution is 5.79. The largest absolute Gasteiger partial charge is 0.397 e. The predicted octanol–water partition coefficient (Wildman–Crippen LogP) is 2.28. The maximum Gasteiger partial charge on any atom is 0.220 e. The fourth-order valence-electron chi connectivity index (χ4n) is 2.39. The first-order valence-corrected chi connectivity index (χ1v) is 6.34. The molecule has 0 saturated carbocycles. The summed E-state index contributed by atoms with van der Waals surface area (Å²) < 4.78 is 0. The van der Waals surface area contributed by atoms with Crippen molar-refractivity contribution in [3.8, 4) is 11.3 Å². The van der Waals surface area contributed by atoms with Gasteiger partial charge in [-0.3, -0.25) is 9.78 Å². The van der Waals surface area contributed by atoms with E-state index in [1.54, 1.807) is 6.20 Å². The summed E-state index contributed by atoms with van der Waals surface area (Å²) in [4.78, 5) is 15.7. The zero-order valence-electron chi connectivity index (χ0n) is 10.5. The molecule has 0 bridgehead atoms. The number of nitrogens with two attached hydrogens (primary N) is 1. The minimum absolute atomic E-state index is 0.0483. The lowest BCUT2D eigenvalue weighted by Gasteiger charge is -2.12. The molecule has 4 heteroatoms. The van der Waals surface area contributed by atoms with Crippen LogP contribution in [0, 0.1) is 0 Å². The van der Waals surface area contributed by atoms with Crippen molar-refractivity contribution in [2.75, 3.05) is 5.73 Å². The molecule has 2 aromatic rings. The number of pyridine rings is 1. The number of rotatable bonds is 2. The molecule has 19 heavy (non-hydrogen) atoms. The third-order valence-electron chi connectivity index (χ3n) is 3.38. The van der Waals surface area contributed by atoms with Crippen LogP contribution in [0.15, 0.2) is 42.6 Å². The molecule has 1 aliphatic rings. The number of benzene rings is 1. The van der Waals surface area contributed by atoms with Gasteiger partial charge in [0.25, 0.3) is 0 Å². The molecule has 1 atom stereocenters. The number of anilines is 1. The van der Waals surface area contributed by atoms with Crippen molar-refractivity contribution in [2.24, 2.45) is 0 Å². The number of carbonyl (C=O) groups is 1. The Balaban J connectivity index is 1.92. The van der Waals surface area contributed by atoms with Crippen LogP contribution in [0.5, 0.6) is 0 Å². The lowest BCUT2D eigenvalue weighted by atomic mass is 10.0. The molecule has 4 nitrogen and oxygen atoms in total. The number of hydrogen-bond donors (Lipinski definition) is 2. The second kappa shape index (κ2) is 4.72. The van der Waals surface area contributed by atoms with E-state index in [4.69, 9.17) is 5.73 Å². The minimum atomic E-state index is 0.0483. The smallest absolute Gasteiger partial charge is 0.220 e. The third kappa shape index (κ3) is 2.29.